The minimum absolute atomic E-state index is 0. The summed E-state index contributed by atoms with van der Waals surface area (Å²) in [7, 11) is 0. The molecular weight excluding hydrogens is 224 g/mol. The Morgan fingerprint density at radius 2 is 2.19 bits per heavy atom. The lowest BCUT2D eigenvalue weighted by atomic mass is 10.0. The summed E-state index contributed by atoms with van der Waals surface area (Å²) in [5.41, 5.74) is 2.52. The van der Waals surface area contributed by atoms with Crippen molar-refractivity contribution in [2.75, 3.05) is 19.8 Å². The second-order valence-electron chi connectivity index (χ2n) is 3.87. The van der Waals surface area contributed by atoms with Gasteiger partial charge in [-0.2, -0.15) is 0 Å². The first-order chi connectivity index (χ1) is 7.45. The Bertz CT molecular complexity index is 463. The first-order valence-corrected chi connectivity index (χ1v) is 5.32. The molecule has 1 saturated heterocycles. The molecule has 1 aliphatic heterocycles. The van der Waals surface area contributed by atoms with Crippen molar-refractivity contribution in [3.8, 4) is 0 Å². The Kier molecular flexibility index (Phi) is 3.49. The Morgan fingerprint density at radius 3 is 3.00 bits per heavy atom. The molecule has 1 atom stereocenters. The first-order valence-electron chi connectivity index (χ1n) is 5.32. The van der Waals surface area contributed by atoms with E-state index in [2.05, 4.69) is 34.6 Å². The standard InChI is InChI=1S/C12H14N2O.ClH/c1-2-9(12-8-15-7-6-14-12)10-4-5-13-11(10)3-1;/h1-5,12-14H,6-8H2;1H/t12-;/m1./s1. The van der Waals surface area contributed by atoms with Crippen LogP contribution in [0.1, 0.15) is 11.6 Å². The second-order valence-corrected chi connectivity index (χ2v) is 3.87. The number of benzene rings is 1. The van der Waals surface area contributed by atoms with Gasteiger partial charge in [0.25, 0.3) is 0 Å². The van der Waals surface area contributed by atoms with Gasteiger partial charge in [-0.1, -0.05) is 12.1 Å². The van der Waals surface area contributed by atoms with Gasteiger partial charge in [-0.05, 0) is 17.7 Å². The highest BCUT2D eigenvalue weighted by Crippen LogP contribution is 2.24. The molecule has 86 valence electrons. The van der Waals surface area contributed by atoms with Gasteiger partial charge in [-0.25, -0.2) is 0 Å². The molecule has 1 fully saturated rings. The summed E-state index contributed by atoms with van der Waals surface area (Å²) in [5.74, 6) is 0. The van der Waals surface area contributed by atoms with Crippen molar-refractivity contribution in [2.24, 2.45) is 0 Å². The maximum absolute atomic E-state index is 5.49. The topological polar surface area (TPSA) is 37.0 Å². The number of hydrogen-bond acceptors (Lipinski definition) is 2. The third kappa shape index (κ3) is 1.94. The van der Waals surface area contributed by atoms with Crippen molar-refractivity contribution in [3.63, 3.8) is 0 Å². The van der Waals surface area contributed by atoms with Crippen LogP contribution in [0.15, 0.2) is 30.5 Å². The van der Waals surface area contributed by atoms with Crippen LogP contribution in [0.3, 0.4) is 0 Å². The molecule has 4 heteroatoms. The quantitative estimate of drug-likeness (QED) is 0.800. The second kappa shape index (κ2) is 4.87. The molecule has 0 spiro atoms. The summed E-state index contributed by atoms with van der Waals surface area (Å²) >= 11 is 0. The number of rotatable bonds is 1. The molecule has 3 rings (SSSR count). The molecule has 2 N–H and O–H groups in total. The van der Waals surface area contributed by atoms with Gasteiger partial charge in [0.05, 0.1) is 19.3 Å². The van der Waals surface area contributed by atoms with Crippen LogP contribution in [-0.2, 0) is 4.74 Å². The van der Waals surface area contributed by atoms with Crippen LogP contribution in [0.25, 0.3) is 10.9 Å². The molecule has 3 nitrogen and oxygen atoms in total. The van der Waals surface area contributed by atoms with Crippen LogP contribution in [0.4, 0.5) is 0 Å². The zero-order valence-corrected chi connectivity index (χ0v) is 9.72. The van der Waals surface area contributed by atoms with Crippen molar-refractivity contribution in [3.05, 3.63) is 36.0 Å². The monoisotopic (exact) mass is 238 g/mol. The number of aromatic nitrogens is 1. The van der Waals surface area contributed by atoms with Gasteiger partial charge in [0.15, 0.2) is 0 Å². The number of hydrogen-bond donors (Lipinski definition) is 2. The van der Waals surface area contributed by atoms with E-state index < -0.39 is 0 Å². The number of nitrogens with one attached hydrogen (secondary N) is 2. The number of aromatic amines is 1. The van der Waals surface area contributed by atoms with Gasteiger partial charge in [0, 0.05) is 23.6 Å². The molecule has 1 aliphatic rings. The molecule has 0 unspecified atom stereocenters. The summed E-state index contributed by atoms with van der Waals surface area (Å²) < 4.78 is 5.49. The average molecular weight is 239 g/mol. The van der Waals surface area contributed by atoms with E-state index in [4.69, 9.17) is 4.74 Å². The van der Waals surface area contributed by atoms with Gasteiger partial charge in [0.2, 0.25) is 0 Å². The fraction of sp³-hybridized carbons (Fsp3) is 0.333. The zero-order chi connectivity index (χ0) is 10.1. The highest BCUT2D eigenvalue weighted by Gasteiger charge is 2.17. The van der Waals surface area contributed by atoms with Crippen LogP contribution >= 0.6 is 12.4 Å². The molecular formula is C12H15ClN2O. The van der Waals surface area contributed by atoms with Crippen LogP contribution < -0.4 is 5.32 Å². The summed E-state index contributed by atoms with van der Waals surface area (Å²) in [4.78, 5) is 3.23. The third-order valence-electron chi connectivity index (χ3n) is 2.93. The lowest BCUT2D eigenvalue weighted by Crippen LogP contribution is -2.34. The Balaban J connectivity index is 0.000000963. The van der Waals surface area contributed by atoms with Crippen LogP contribution in [0.2, 0.25) is 0 Å². The molecule has 0 saturated carbocycles. The molecule has 0 amide bonds. The van der Waals surface area contributed by atoms with Crippen LogP contribution in [0, 0.1) is 0 Å². The van der Waals surface area contributed by atoms with Crippen LogP contribution in [-0.4, -0.2) is 24.7 Å². The van der Waals surface area contributed by atoms with E-state index in [0.717, 1.165) is 19.8 Å². The van der Waals surface area contributed by atoms with Gasteiger partial charge in [-0.3, -0.25) is 0 Å². The van der Waals surface area contributed by atoms with Crippen molar-refractivity contribution in [1.29, 1.82) is 0 Å². The van der Waals surface area contributed by atoms with Crippen molar-refractivity contribution in [2.45, 2.75) is 6.04 Å². The fourth-order valence-electron chi connectivity index (χ4n) is 2.18. The maximum Gasteiger partial charge on any atom is 0.0662 e. The van der Waals surface area contributed by atoms with Gasteiger partial charge in [0.1, 0.15) is 0 Å². The van der Waals surface area contributed by atoms with E-state index in [1.54, 1.807) is 0 Å². The lowest BCUT2D eigenvalue weighted by Gasteiger charge is -2.24. The number of fused-ring (bicyclic) bond motifs is 1. The molecule has 0 bridgehead atoms. The predicted octanol–water partition coefficient (Wildman–Crippen LogP) is 2.25. The molecule has 2 heterocycles. The average Bonchev–Trinajstić information content (AvgIpc) is 2.78. The fourth-order valence-corrected chi connectivity index (χ4v) is 2.18. The van der Waals surface area contributed by atoms with E-state index in [-0.39, 0.29) is 12.4 Å². The molecule has 0 radical (unpaired) electrons. The molecule has 1 aromatic carbocycles. The molecule has 1 aromatic heterocycles. The van der Waals surface area contributed by atoms with Gasteiger partial charge in [-0.15, -0.1) is 12.4 Å². The largest absolute Gasteiger partial charge is 0.378 e. The van der Waals surface area contributed by atoms with Crippen molar-refractivity contribution < 1.29 is 4.74 Å². The Morgan fingerprint density at radius 1 is 1.25 bits per heavy atom. The summed E-state index contributed by atoms with van der Waals surface area (Å²) in [6, 6.07) is 8.81. The van der Waals surface area contributed by atoms with E-state index in [1.807, 2.05) is 6.20 Å². The molecule has 0 aliphatic carbocycles. The van der Waals surface area contributed by atoms with Gasteiger partial charge >= 0.3 is 0 Å². The summed E-state index contributed by atoms with van der Waals surface area (Å²) in [5, 5.41) is 4.77. The summed E-state index contributed by atoms with van der Waals surface area (Å²) in [6.07, 6.45) is 1.98. The SMILES string of the molecule is Cl.c1cc([C@H]2COCCN2)c2cc[nH]c2c1. The van der Waals surface area contributed by atoms with E-state index >= 15 is 0 Å². The molecule has 2 aromatic rings. The lowest BCUT2D eigenvalue weighted by molar-refractivity contribution is 0.0773. The number of ether oxygens (including phenoxy) is 1. The van der Waals surface area contributed by atoms with Crippen molar-refractivity contribution in [1.82, 2.24) is 10.3 Å². The third-order valence-corrected chi connectivity index (χ3v) is 2.93. The van der Waals surface area contributed by atoms with Crippen LogP contribution in [0.5, 0.6) is 0 Å². The highest BCUT2D eigenvalue weighted by atomic mass is 35.5. The number of H-pyrrole nitrogens is 1. The normalized spacial score (nSPS) is 20.6. The van der Waals surface area contributed by atoms with E-state index in [0.29, 0.717) is 6.04 Å². The minimum Gasteiger partial charge on any atom is -0.378 e. The Hall–Kier alpha value is -1.03. The maximum atomic E-state index is 5.49. The Labute approximate surface area is 101 Å². The number of halogens is 1. The smallest absolute Gasteiger partial charge is 0.0662 e. The van der Waals surface area contributed by atoms with Gasteiger partial charge < -0.3 is 15.0 Å². The minimum atomic E-state index is 0. The zero-order valence-electron chi connectivity index (χ0n) is 8.90. The van der Waals surface area contributed by atoms with E-state index in [9.17, 15) is 0 Å². The summed E-state index contributed by atoms with van der Waals surface area (Å²) in [6.45, 7) is 2.52. The van der Waals surface area contributed by atoms with Crippen molar-refractivity contribution >= 4 is 23.3 Å². The first kappa shape index (κ1) is 11.5. The number of morpholine rings is 1. The van der Waals surface area contributed by atoms with E-state index in [1.165, 1.54) is 16.5 Å². The molecule has 16 heavy (non-hydrogen) atoms. The predicted molar refractivity (Wildman–Crippen MR) is 67.1 cm³/mol. The highest BCUT2D eigenvalue weighted by molar-refractivity contribution is 5.85.